The summed E-state index contributed by atoms with van der Waals surface area (Å²) in [5.41, 5.74) is 4.53. The molecular formula is C33H42N2O3S. The van der Waals surface area contributed by atoms with Crippen LogP contribution in [0.25, 0.3) is 10.4 Å². The summed E-state index contributed by atoms with van der Waals surface area (Å²) in [6.45, 7) is 4.18. The minimum absolute atomic E-state index is 0.0940. The molecule has 2 fully saturated rings. The van der Waals surface area contributed by atoms with Gasteiger partial charge >= 0.3 is 0 Å². The molecule has 2 N–H and O–H groups in total. The molecule has 1 amide bonds. The van der Waals surface area contributed by atoms with Crippen molar-refractivity contribution in [2.45, 2.75) is 89.7 Å². The van der Waals surface area contributed by atoms with Crippen LogP contribution in [0.4, 0.5) is 0 Å². The smallest absolute Gasteiger partial charge is 0.223 e. The molecule has 3 aromatic rings. The van der Waals surface area contributed by atoms with E-state index < -0.39 is 6.10 Å². The Bertz CT molecular complexity index is 1270. The van der Waals surface area contributed by atoms with Gasteiger partial charge in [0.1, 0.15) is 5.75 Å². The summed E-state index contributed by atoms with van der Waals surface area (Å²) in [7, 11) is 1.69. The summed E-state index contributed by atoms with van der Waals surface area (Å²) in [6, 6.07) is 14.7. The predicted molar refractivity (Wildman–Crippen MR) is 158 cm³/mol. The number of aliphatic hydroxyl groups excluding tert-OH is 1. The average molecular weight is 547 g/mol. The van der Waals surface area contributed by atoms with Gasteiger partial charge in [0, 0.05) is 18.0 Å². The number of methoxy groups -OCH3 is 1. The number of amides is 1. The molecule has 0 radical (unpaired) electrons. The van der Waals surface area contributed by atoms with Crippen LogP contribution in [0.1, 0.15) is 91.9 Å². The van der Waals surface area contributed by atoms with E-state index in [4.69, 9.17) is 4.74 Å². The maximum absolute atomic E-state index is 13.5. The number of aromatic nitrogens is 1. The number of aliphatic hydroxyl groups is 1. The van der Waals surface area contributed by atoms with Gasteiger partial charge in [-0.2, -0.15) is 0 Å². The highest BCUT2D eigenvalue weighted by Crippen LogP contribution is 2.43. The monoisotopic (exact) mass is 546 g/mol. The standard InChI is InChI=1S/C33H42N2O3S/c1-4-31-34-20-30(39-31)24-11-8-12-25(18-24)32(35-33(37)22-9-6-5-7-10-22)26-13-15-27(28(36)19-26)23-14-16-29(38-3)21(2)17-23/h8,11-12,14,16-18,20,22,26-28,32,36H,4-7,9-10,13,15,19H2,1-3H3,(H,35,37). The van der Waals surface area contributed by atoms with Crippen molar-refractivity contribution in [2.75, 3.05) is 7.11 Å². The number of carbonyl (C=O) groups excluding carboxylic acids is 1. The third-order valence-electron chi connectivity index (χ3n) is 8.84. The van der Waals surface area contributed by atoms with Crippen LogP contribution in [-0.2, 0) is 11.2 Å². The van der Waals surface area contributed by atoms with E-state index in [2.05, 4.69) is 60.5 Å². The SMILES string of the molecule is CCc1ncc(-c2cccc(C(NC(=O)C3CCCCC3)C3CCC(c4ccc(OC)c(C)c4)C(O)C3)c2)s1. The first-order valence-electron chi connectivity index (χ1n) is 14.6. The number of nitrogens with one attached hydrogen (secondary N) is 1. The van der Waals surface area contributed by atoms with Crippen LogP contribution in [-0.4, -0.2) is 29.2 Å². The number of ether oxygens (including phenoxy) is 1. The van der Waals surface area contributed by atoms with Gasteiger partial charge in [0.15, 0.2) is 0 Å². The summed E-state index contributed by atoms with van der Waals surface area (Å²) in [5.74, 6) is 1.42. The zero-order chi connectivity index (χ0) is 27.4. The molecule has 2 aliphatic carbocycles. The molecule has 6 heteroatoms. The molecule has 2 saturated carbocycles. The molecule has 2 aromatic carbocycles. The van der Waals surface area contributed by atoms with Crippen LogP contribution in [0.2, 0.25) is 0 Å². The molecular weight excluding hydrogens is 504 g/mol. The lowest BCUT2D eigenvalue weighted by Gasteiger charge is -2.38. The van der Waals surface area contributed by atoms with Crippen LogP contribution < -0.4 is 10.1 Å². The van der Waals surface area contributed by atoms with Crippen molar-refractivity contribution in [1.29, 1.82) is 0 Å². The van der Waals surface area contributed by atoms with Crippen LogP contribution >= 0.6 is 11.3 Å². The quantitative estimate of drug-likeness (QED) is 0.309. The number of hydrogen-bond acceptors (Lipinski definition) is 5. The maximum Gasteiger partial charge on any atom is 0.223 e. The van der Waals surface area contributed by atoms with Gasteiger partial charge < -0.3 is 15.2 Å². The van der Waals surface area contributed by atoms with Gasteiger partial charge in [-0.05, 0) is 85.8 Å². The fraction of sp³-hybridized carbons (Fsp3) is 0.515. The Hall–Kier alpha value is -2.70. The van der Waals surface area contributed by atoms with Crippen molar-refractivity contribution >= 4 is 17.2 Å². The van der Waals surface area contributed by atoms with E-state index >= 15 is 0 Å². The Morgan fingerprint density at radius 3 is 2.64 bits per heavy atom. The molecule has 39 heavy (non-hydrogen) atoms. The van der Waals surface area contributed by atoms with Crippen LogP contribution in [0.5, 0.6) is 5.75 Å². The predicted octanol–water partition coefficient (Wildman–Crippen LogP) is 7.37. The van der Waals surface area contributed by atoms with E-state index in [1.807, 2.05) is 12.3 Å². The van der Waals surface area contributed by atoms with Gasteiger partial charge in [-0.3, -0.25) is 4.79 Å². The molecule has 1 aromatic heterocycles. The Kier molecular flexibility index (Phi) is 9.03. The van der Waals surface area contributed by atoms with Crippen molar-refractivity contribution in [1.82, 2.24) is 10.3 Å². The second-order valence-electron chi connectivity index (χ2n) is 11.4. The lowest BCUT2D eigenvalue weighted by molar-refractivity contribution is -0.127. The number of hydrogen-bond donors (Lipinski definition) is 2. The van der Waals surface area contributed by atoms with Crippen molar-refractivity contribution in [3.05, 3.63) is 70.4 Å². The summed E-state index contributed by atoms with van der Waals surface area (Å²) in [5, 5.41) is 16.0. The van der Waals surface area contributed by atoms with Crippen molar-refractivity contribution in [3.8, 4) is 16.2 Å². The van der Waals surface area contributed by atoms with Gasteiger partial charge in [0.25, 0.3) is 0 Å². The lowest BCUT2D eigenvalue weighted by atomic mass is 9.72. The van der Waals surface area contributed by atoms with Crippen LogP contribution in [0.3, 0.4) is 0 Å². The molecule has 5 nitrogen and oxygen atoms in total. The first kappa shape index (κ1) is 27.9. The highest BCUT2D eigenvalue weighted by molar-refractivity contribution is 7.15. The molecule has 4 atom stereocenters. The third-order valence-corrected chi connectivity index (χ3v) is 10.0. The third kappa shape index (κ3) is 6.38. The molecule has 208 valence electrons. The Morgan fingerprint density at radius 1 is 1.13 bits per heavy atom. The van der Waals surface area contributed by atoms with Crippen LogP contribution in [0.15, 0.2) is 48.7 Å². The lowest BCUT2D eigenvalue weighted by Crippen LogP contribution is -2.41. The number of thiazole rings is 1. The first-order valence-corrected chi connectivity index (χ1v) is 15.5. The fourth-order valence-corrected chi connectivity index (χ4v) is 7.46. The zero-order valence-corrected chi connectivity index (χ0v) is 24.3. The van der Waals surface area contributed by atoms with E-state index in [1.165, 1.54) is 12.0 Å². The molecule has 0 bridgehead atoms. The summed E-state index contributed by atoms with van der Waals surface area (Å²) in [6.07, 6.45) is 10.4. The summed E-state index contributed by atoms with van der Waals surface area (Å²) < 4.78 is 5.44. The van der Waals surface area contributed by atoms with E-state index in [9.17, 15) is 9.90 Å². The number of nitrogens with zero attached hydrogens (tertiary/aromatic N) is 1. The number of benzene rings is 2. The summed E-state index contributed by atoms with van der Waals surface area (Å²) >= 11 is 1.73. The largest absolute Gasteiger partial charge is 0.496 e. The normalized spacial score (nSPS) is 22.8. The molecule has 4 unspecified atom stereocenters. The van der Waals surface area contributed by atoms with E-state index in [0.717, 1.165) is 77.3 Å². The molecule has 0 aliphatic heterocycles. The highest BCUT2D eigenvalue weighted by Gasteiger charge is 2.36. The first-order chi connectivity index (χ1) is 19.0. The molecule has 5 rings (SSSR count). The number of carbonyl (C=O) groups is 1. The number of rotatable bonds is 8. The van der Waals surface area contributed by atoms with E-state index in [-0.39, 0.29) is 29.7 Å². The minimum Gasteiger partial charge on any atom is -0.496 e. The maximum atomic E-state index is 13.5. The topological polar surface area (TPSA) is 71.5 Å². The Morgan fingerprint density at radius 2 is 1.95 bits per heavy atom. The molecule has 0 spiro atoms. The molecule has 1 heterocycles. The van der Waals surface area contributed by atoms with Gasteiger partial charge in [0.05, 0.1) is 29.1 Å². The van der Waals surface area contributed by atoms with Gasteiger partial charge in [-0.1, -0.05) is 56.5 Å². The number of aryl methyl sites for hydroxylation is 2. The van der Waals surface area contributed by atoms with E-state index in [1.54, 1.807) is 18.4 Å². The van der Waals surface area contributed by atoms with Crippen LogP contribution in [0, 0.1) is 18.8 Å². The van der Waals surface area contributed by atoms with Gasteiger partial charge in [-0.15, -0.1) is 11.3 Å². The average Bonchev–Trinajstić information content (AvgIpc) is 3.46. The Labute approximate surface area is 237 Å². The highest BCUT2D eigenvalue weighted by atomic mass is 32.1. The fourth-order valence-electron chi connectivity index (χ4n) is 6.60. The zero-order valence-electron chi connectivity index (χ0n) is 23.5. The second-order valence-corrected chi connectivity index (χ2v) is 12.5. The van der Waals surface area contributed by atoms with Gasteiger partial charge in [0.2, 0.25) is 5.91 Å². The Balaban J connectivity index is 1.39. The van der Waals surface area contributed by atoms with Crippen molar-refractivity contribution in [3.63, 3.8) is 0 Å². The van der Waals surface area contributed by atoms with Crippen molar-refractivity contribution < 1.29 is 14.6 Å². The second kappa shape index (κ2) is 12.6. The minimum atomic E-state index is -0.456. The van der Waals surface area contributed by atoms with Gasteiger partial charge in [-0.25, -0.2) is 4.98 Å². The van der Waals surface area contributed by atoms with Crippen molar-refractivity contribution in [2.24, 2.45) is 11.8 Å². The molecule has 2 aliphatic rings. The summed E-state index contributed by atoms with van der Waals surface area (Å²) in [4.78, 5) is 19.2. The molecule has 0 saturated heterocycles. The van der Waals surface area contributed by atoms with E-state index in [0.29, 0.717) is 6.42 Å².